The first-order chi connectivity index (χ1) is 8.56. The van der Waals surface area contributed by atoms with Crippen LogP contribution in [0.15, 0.2) is 30.3 Å². The Bertz CT molecular complexity index is 574. The van der Waals surface area contributed by atoms with Crippen molar-refractivity contribution in [3.8, 4) is 11.5 Å². The third kappa shape index (κ3) is 2.81. The number of thiophene rings is 1. The zero-order valence-corrected chi connectivity index (χ0v) is 10.5. The second-order valence-electron chi connectivity index (χ2n) is 3.81. The van der Waals surface area contributed by atoms with Crippen LogP contribution in [0, 0.1) is 6.92 Å². The first-order valence-corrected chi connectivity index (χ1v) is 6.12. The second kappa shape index (κ2) is 5.10. The number of benzene rings is 1. The Labute approximate surface area is 108 Å². The van der Waals surface area contributed by atoms with Crippen molar-refractivity contribution in [1.82, 2.24) is 0 Å². The topological polar surface area (TPSA) is 66.8 Å². The van der Waals surface area contributed by atoms with Gasteiger partial charge in [0.2, 0.25) is 0 Å². The van der Waals surface area contributed by atoms with E-state index in [2.05, 4.69) is 0 Å². The van der Waals surface area contributed by atoms with Crippen molar-refractivity contribution in [2.75, 3.05) is 0 Å². The number of hydrogen-bond donors (Lipinski definition) is 2. The predicted octanol–water partition coefficient (Wildman–Crippen LogP) is 3.04. The highest BCUT2D eigenvalue weighted by Crippen LogP contribution is 2.29. The molecule has 0 amide bonds. The summed E-state index contributed by atoms with van der Waals surface area (Å²) in [5.74, 6) is -0.455. The van der Waals surface area contributed by atoms with Gasteiger partial charge in [-0.1, -0.05) is 12.1 Å². The van der Waals surface area contributed by atoms with E-state index in [4.69, 9.17) is 9.84 Å². The second-order valence-corrected chi connectivity index (χ2v) is 5.07. The Kier molecular flexibility index (Phi) is 3.53. The summed E-state index contributed by atoms with van der Waals surface area (Å²) in [6.45, 7) is 2.06. The molecule has 0 bridgehead atoms. The van der Waals surface area contributed by atoms with Gasteiger partial charge in [0.1, 0.15) is 18.1 Å². The smallest absolute Gasteiger partial charge is 0.349 e. The van der Waals surface area contributed by atoms with E-state index in [-0.39, 0.29) is 17.2 Å². The Hall–Kier alpha value is -2.01. The Morgan fingerprint density at radius 3 is 2.83 bits per heavy atom. The average molecular weight is 264 g/mol. The van der Waals surface area contributed by atoms with Crippen LogP contribution in [0.1, 0.15) is 20.1 Å². The SMILES string of the molecule is Cc1cc(OCc2cccc(O)c2)c(C(=O)O)s1. The summed E-state index contributed by atoms with van der Waals surface area (Å²) in [7, 11) is 0. The van der Waals surface area contributed by atoms with Crippen molar-refractivity contribution >= 4 is 17.3 Å². The highest BCUT2D eigenvalue weighted by atomic mass is 32.1. The maximum absolute atomic E-state index is 11.0. The molecule has 5 heteroatoms. The lowest BCUT2D eigenvalue weighted by atomic mass is 10.2. The fourth-order valence-electron chi connectivity index (χ4n) is 1.55. The molecule has 0 saturated carbocycles. The number of hydrogen-bond acceptors (Lipinski definition) is 4. The van der Waals surface area contributed by atoms with E-state index < -0.39 is 5.97 Å². The number of aromatic carboxylic acids is 1. The van der Waals surface area contributed by atoms with Crippen molar-refractivity contribution < 1.29 is 19.7 Å². The molecule has 1 aromatic carbocycles. The molecule has 1 aromatic heterocycles. The molecule has 4 nitrogen and oxygen atoms in total. The number of carbonyl (C=O) groups is 1. The van der Waals surface area contributed by atoms with E-state index in [1.54, 1.807) is 30.3 Å². The zero-order valence-electron chi connectivity index (χ0n) is 9.71. The first kappa shape index (κ1) is 12.4. The molecule has 0 aliphatic carbocycles. The molecule has 0 unspecified atom stereocenters. The van der Waals surface area contributed by atoms with Gasteiger partial charge in [0.05, 0.1) is 0 Å². The van der Waals surface area contributed by atoms with Gasteiger partial charge in [0.25, 0.3) is 0 Å². The van der Waals surface area contributed by atoms with Crippen LogP contribution in [0.2, 0.25) is 0 Å². The molecule has 0 atom stereocenters. The molecule has 0 fully saturated rings. The van der Waals surface area contributed by atoms with Crippen LogP contribution < -0.4 is 4.74 Å². The van der Waals surface area contributed by atoms with E-state index in [9.17, 15) is 9.90 Å². The summed E-state index contributed by atoms with van der Waals surface area (Å²) in [6, 6.07) is 8.38. The van der Waals surface area contributed by atoms with E-state index in [0.29, 0.717) is 5.75 Å². The number of phenolic OH excluding ortho intramolecular Hbond substituents is 1. The number of phenols is 1. The maximum Gasteiger partial charge on any atom is 0.349 e. The summed E-state index contributed by atoms with van der Waals surface area (Å²) < 4.78 is 5.48. The zero-order chi connectivity index (χ0) is 13.1. The van der Waals surface area contributed by atoms with Crippen molar-refractivity contribution in [3.05, 3.63) is 45.6 Å². The number of carboxylic acid groups (broad SMARTS) is 1. The van der Waals surface area contributed by atoms with E-state index in [1.807, 2.05) is 6.92 Å². The number of aryl methyl sites for hydroxylation is 1. The number of ether oxygens (including phenoxy) is 1. The molecule has 94 valence electrons. The van der Waals surface area contributed by atoms with Crippen LogP contribution in [0.25, 0.3) is 0 Å². The van der Waals surface area contributed by atoms with E-state index >= 15 is 0 Å². The quantitative estimate of drug-likeness (QED) is 0.890. The molecule has 2 N–H and O–H groups in total. The van der Waals surface area contributed by atoms with Crippen molar-refractivity contribution in [1.29, 1.82) is 0 Å². The standard InChI is InChI=1S/C13H12O4S/c1-8-5-11(12(18-8)13(15)16)17-7-9-3-2-4-10(14)6-9/h2-6,14H,7H2,1H3,(H,15,16). The molecule has 18 heavy (non-hydrogen) atoms. The molecule has 0 spiro atoms. The number of carboxylic acids is 1. The van der Waals surface area contributed by atoms with Gasteiger partial charge in [0.15, 0.2) is 4.88 Å². The van der Waals surface area contributed by atoms with Crippen LogP contribution >= 0.6 is 11.3 Å². The average Bonchev–Trinajstić information content (AvgIpc) is 2.68. The summed E-state index contributed by atoms with van der Waals surface area (Å²) in [6.07, 6.45) is 0. The third-order valence-electron chi connectivity index (χ3n) is 2.32. The normalized spacial score (nSPS) is 10.3. The lowest BCUT2D eigenvalue weighted by molar-refractivity contribution is 0.0697. The van der Waals surface area contributed by atoms with Crippen molar-refractivity contribution in [2.24, 2.45) is 0 Å². The monoisotopic (exact) mass is 264 g/mol. The van der Waals surface area contributed by atoms with Crippen LogP contribution in [-0.4, -0.2) is 16.2 Å². The molecule has 0 saturated heterocycles. The van der Waals surface area contributed by atoms with E-state index in [0.717, 1.165) is 10.4 Å². The first-order valence-electron chi connectivity index (χ1n) is 5.30. The lowest BCUT2D eigenvalue weighted by Crippen LogP contribution is -1.99. The highest BCUT2D eigenvalue weighted by molar-refractivity contribution is 7.14. The molecule has 1 heterocycles. The van der Waals surface area contributed by atoms with E-state index in [1.165, 1.54) is 11.3 Å². The molecule has 0 aliphatic heterocycles. The van der Waals surface area contributed by atoms with Gasteiger partial charge in [-0.3, -0.25) is 0 Å². The summed E-state index contributed by atoms with van der Waals surface area (Å²) >= 11 is 1.19. The van der Waals surface area contributed by atoms with Gasteiger partial charge in [0, 0.05) is 4.88 Å². The van der Waals surface area contributed by atoms with Crippen LogP contribution in [0.5, 0.6) is 11.5 Å². The van der Waals surface area contributed by atoms with Crippen molar-refractivity contribution in [3.63, 3.8) is 0 Å². The van der Waals surface area contributed by atoms with Crippen LogP contribution in [-0.2, 0) is 6.61 Å². The molecule has 0 aliphatic rings. The molecular weight excluding hydrogens is 252 g/mol. The van der Waals surface area contributed by atoms with Gasteiger partial charge in [-0.2, -0.15) is 0 Å². The fraction of sp³-hybridized carbons (Fsp3) is 0.154. The Morgan fingerprint density at radius 1 is 1.39 bits per heavy atom. The van der Waals surface area contributed by atoms with Crippen LogP contribution in [0.4, 0.5) is 0 Å². The van der Waals surface area contributed by atoms with Gasteiger partial charge in [-0.25, -0.2) is 4.79 Å². The van der Waals surface area contributed by atoms with Gasteiger partial charge in [-0.05, 0) is 30.7 Å². The number of aromatic hydroxyl groups is 1. The highest BCUT2D eigenvalue weighted by Gasteiger charge is 2.15. The summed E-state index contributed by atoms with van der Waals surface area (Å²) in [5, 5.41) is 18.3. The third-order valence-corrected chi connectivity index (χ3v) is 3.34. The Balaban J connectivity index is 2.13. The minimum atomic E-state index is -0.987. The Morgan fingerprint density at radius 2 is 2.17 bits per heavy atom. The predicted molar refractivity (Wildman–Crippen MR) is 68.5 cm³/mol. The molecule has 2 rings (SSSR count). The lowest BCUT2D eigenvalue weighted by Gasteiger charge is -2.05. The summed E-state index contributed by atoms with van der Waals surface area (Å²) in [4.78, 5) is 12.1. The molecule has 0 radical (unpaired) electrons. The van der Waals surface area contributed by atoms with Gasteiger partial charge < -0.3 is 14.9 Å². The maximum atomic E-state index is 11.0. The summed E-state index contributed by atoms with van der Waals surface area (Å²) in [5.41, 5.74) is 0.787. The molecule has 2 aromatic rings. The minimum absolute atomic E-state index is 0.163. The molecular formula is C13H12O4S. The van der Waals surface area contributed by atoms with Crippen LogP contribution in [0.3, 0.4) is 0 Å². The fourth-order valence-corrected chi connectivity index (χ4v) is 2.35. The minimum Gasteiger partial charge on any atom is -0.508 e. The van der Waals surface area contributed by atoms with Gasteiger partial charge >= 0.3 is 5.97 Å². The number of rotatable bonds is 4. The van der Waals surface area contributed by atoms with Crippen molar-refractivity contribution in [2.45, 2.75) is 13.5 Å². The van der Waals surface area contributed by atoms with Gasteiger partial charge in [-0.15, -0.1) is 11.3 Å². The largest absolute Gasteiger partial charge is 0.508 e.